The Labute approximate surface area is 132 Å². The molecular formula is C15H27N5S. The molecule has 6 heteroatoms. The molecule has 1 saturated heterocycles. The Morgan fingerprint density at radius 3 is 3.05 bits per heavy atom. The van der Waals surface area contributed by atoms with Crippen molar-refractivity contribution in [2.75, 3.05) is 32.4 Å². The summed E-state index contributed by atoms with van der Waals surface area (Å²) in [6.07, 6.45) is 4.88. The normalized spacial score (nSPS) is 20.1. The molecule has 0 spiro atoms. The van der Waals surface area contributed by atoms with Crippen LogP contribution in [-0.4, -0.2) is 58.3 Å². The van der Waals surface area contributed by atoms with Crippen molar-refractivity contribution < 1.29 is 0 Å². The first-order chi connectivity index (χ1) is 10.2. The van der Waals surface area contributed by atoms with Crippen molar-refractivity contribution in [3.05, 3.63) is 18.5 Å². The van der Waals surface area contributed by atoms with Gasteiger partial charge in [-0.05, 0) is 18.4 Å². The zero-order chi connectivity index (χ0) is 15.1. The van der Waals surface area contributed by atoms with E-state index < -0.39 is 0 Å². The highest BCUT2D eigenvalue weighted by molar-refractivity contribution is 8.00. The van der Waals surface area contributed by atoms with Crippen LogP contribution in [0.4, 0.5) is 0 Å². The van der Waals surface area contributed by atoms with Gasteiger partial charge in [0.25, 0.3) is 0 Å². The van der Waals surface area contributed by atoms with Crippen LogP contribution in [-0.2, 0) is 6.54 Å². The molecule has 2 heterocycles. The van der Waals surface area contributed by atoms with Crippen LogP contribution in [0.15, 0.2) is 23.5 Å². The molecule has 0 amide bonds. The highest BCUT2D eigenvalue weighted by atomic mass is 32.2. The van der Waals surface area contributed by atoms with Crippen molar-refractivity contribution in [3.63, 3.8) is 0 Å². The van der Waals surface area contributed by atoms with Gasteiger partial charge in [-0.2, -0.15) is 16.9 Å². The standard InChI is InChI=1S/C15H27N5S/c1-13(2)14-12-19(10-11-21-14)15(16-3)17-6-4-8-20-9-5-7-18-20/h5,7,9,13-14H,4,6,8,10-12H2,1-3H3,(H,16,17). The summed E-state index contributed by atoms with van der Waals surface area (Å²) in [4.78, 5) is 6.84. The maximum absolute atomic E-state index is 4.44. The lowest BCUT2D eigenvalue weighted by Gasteiger charge is -2.36. The first kappa shape index (κ1) is 16.2. The maximum atomic E-state index is 4.44. The van der Waals surface area contributed by atoms with Crippen LogP contribution >= 0.6 is 11.8 Å². The molecule has 0 saturated carbocycles. The SMILES string of the molecule is CN=C(NCCCn1cccn1)N1CCSC(C(C)C)C1. The topological polar surface area (TPSA) is 45.5 Å². The lowest BCUT2D eigenvalue weighted by Crippen LogP contribution is -2.49. The van der Waals surface area contributed by atoms with Crippen LogP contribution in [0.25, 0.3) is 0 Å². The molecule has 0 radical (unpaired) electrons. The second-order valence-corrected chi connectivity index (χ2v) is 7.04. The van der Waals surface area contributed by atoms with Gasteiger partial charge in [0.1, 0.15) is 0 Å². The first-order valence-electron chi connectivity index (χ1n) is 7.75. The average molecular weight is 309 g/mol. The number of nitrogens with one attached hydrogen (secondary N) is 1. The molecule has 0 aliphatic carbocycles. The lowest BCUT2D eigenvalue weighted by atomic mass is 10.1. The van der Waals surface area contributed by atoms with Gasteiger partial charge >= 0.3 is 0 Å². The van der Waals surface area contributed by atoms with Crippen LogP contribution in [0.2, 0.25) is 0 Å². The Morgan fingerprint density at radius 1 is 1.52 bits per heavy atom. The van der Waals surface area contributed by atoms with Gasteiger partial charge in [-0.3, -0.25) is 9.67 Å². The van der Waals surface area contributed by atoms with Crippen molar-refractivity contribution in [1.82, 2.24) is 20.0 Å². The molecule has 2 rings (SSSR count). The number of thioether (sulfide) groups is 1. The molecular weight excluding hydrogens is 282 g/mol. The minimum absolute atomic E-state index is 0.710. The monoisotopic (exact) mass is 309 g/mol. The van der Waals surface area contributed by atoms with E-state index in [2.05, 4.69) is 45.9 Å². The average Bonchev–Trinajstić information content (AvgIpc) is 3.01. The van der Waals surface area contributed by atoms with Gasteiger partial charge in [0.2, 0.25) is 0 Å². The van der Waals surface area contributed by atoms with Gasteiger partial charge in [0, 0.05) is 56.6 Å². The number of aryl methyl sites for hydroxylation is 1. The predicted molar refractivity (Wildman–Crippen MR) is 90.9 cm³/mol. The Kier molecular flexibility index (Phi) is 6.42. The molecule has 0 bridgehead atoms. The van der Waals surface area contributed by atoms with E-state index in [0.29, 0.717) is 5.25 Å². The Hall–Kier alpha value is -1.17. The molecule has 1 aliphatic heterocycles. The van der Waals surface area contributed by atoms with Gasteiger partial charge in [-0.15, -0.1) is 0 Å². The van der Waals surface area contributed by atoms with Crippen molar-refractivity contribution in [3.8, 4) is 0 Å². The fourth-order valence-electron chi connectivity index (χ4n) is 2.48. The van der Waals surface area contributed by atoms with Gasteiger partial charge in [-0.25, -0.2) is 0 Å². The van der Waals surface area contributed by atoms with E-state index in [4.69, 9.17) is 0 Å². The van der Waals surface area contributed by atoms with E-state index in [1.54, 1.807) is 0 Å². The lowest BCUT2D eigenvalue weighted by molar-refractivity contribution is 0.380. The van der Waals surface area contributed by atoms with E-state index in [1.165, 1.54) is 5.75 Å². The van der Waals surface area contributed by atoms with Gasteiger partial charge in [-0.1, -0.05) is 13.8 Å². The number of nitrogens with zero attached hydrogens (tertiary/aromatic N) is 4. The number of hydrogen-bond acceptors (Lipinski definition) is 3. The molecule has 1 aliphatic rings. The summed E-state index contributed by atoms with van der Waals surface area (Å²) < 4.78 is 1.97. The largest absolute Gasteiger partial charge is 0.356 e. The second kappa shape index (κ2) is 8.32. The molecule has 1 unspecified atom stereocenters. The summed E-state index contributed by atoms with van der Waals surface area (Å²) in [6.45, 7) is 8.68. The maximum Gasteiger partial charge on any atom is 0.193 e. The smallest absolute Gasteiger partial charge is 0.193 e. The summed E-state index contributed by atoms with van der Waals surface area (Å²) in [5.41, 5.74) is 0. The van der Waals surface area contributed by atoms with Crippen LogP contribution in [0.3, 0.4) is 0 Å². The third-order valence-electron chi connectivity index (χ3n) is 3.75. The minimum atomic E-state index is 0.710. The molecule has 1 fully saturated rings. The number of guanidine groups is 1. The Bertz CT molecular complexity index is 429. The summed E-state index contributed by atoms with van der Waals surface area (Å²) in [6, 6.07) is 1.96. The zero-order valence-electron chi connectivity index (χ0n) is 13.3. The van der Waals surface area contributed by atoms with E-state index in [9.17, 15) is 0 Å². The van der Waals surface area contributed by atoms with Crippen molar-refractivity contribution in [2.24, 2.45) is 10.9 Å². The third kappa shape index (κ3) is 4.95. The van der Waals surface area contributed by atoms with Gasteiger partial charge in [0.15, 0.2) is 5.96 Å². The Morgan fingerprint density at radius 2 is 2.38 bits per heavy atom. The molecule has 1 N–H and O–H groups in total. The van der Waals surface area contributed by atoms with Crippen LogP contribution in [0, 0.1) is 5.92 Å². The number of aromatic nitrogens is 2. The number of aliphatic imine (C=N–C) groups is 1. The van der Waals surface area contributed by atoms with Crippen LogP contribution in [0.5, 0.6) is 0 Å². The summed E-state index contributed by atoms with van der Waals surface area (Å²) in [5.74, 6) is 2.95. The Balaban J connectivity index is 1.74. The fourth-order valence-corrected chi connectivity index (χ4v) is 3.78. The highest BCUT2D eigenvalue weighted by Crippen LogP contribution is 2.24. The van der Waals surface area contributed by atoms with E-state index in [1.807, 2.05) is 30.2 Å². The zero-order valence-corrected chi connectivity index (χ0v) is 14.1. The van der Waals surface area contributed by atoms with E-state index in [0.717, 1.165) is 44.5 Å². The summed E-state index contributed by atoms with van der Waals surface area (Å²) in [5, 5.41) is 8.41. The highest BCUT2D eigenvalue weighted by Gasteiger charge is 2.24. The third-order valence-corrected chi connectivity index (χ3v) is 5.29. The number of hydrogen-bond donors (Lipinski definition) is 1. The quantitative estimate of drug-likeness (QED) is 0.513. The molecule has 21 heavy (non-hydrogen) atoms. The number of rotatable bonds is 5. The molecule has 5 nitrogen and oxygen atoms in total. The molecule has 1 aromatic rings. The van der Waals surface area contributed by atoms with Gasteiger partial charge in [0.05, 0.1) is 0 Å². The first-order valence-corrected chi connectivity index (χ1v) is 8.80. The molecule has 1 atom stereocenters. The van der Waals surface area contributed by atoms with E-state index >= 15 is 0 Å². The summed E-state index contributed by atoms with van der Waals surface area (Å²) in [7, 11) is 1.88. The molecule has 1 aromatic heterocycles. The predicted octanol–water partition coefficient (Wildman–Crippen LogP) is 1.92. The minimum Gasteiger partial charge on any atom is -0.356 e. The van der Waals surface area contributed by atoms with Crippen molar-refractivity contribution in [1.29, 1.82) is 0 Å². The molecule has 0 aromatic carbocycles. The fraction of sp³-hybridized carbons (Fsp3) is 0.733. The van der Waals surface area contributed by atoms with Crippen molar-refractivity contribution >= 4 is 17.7 Å². The van der Waals surface area contributed by atoms with Crippen LogP contribution in [0.1, 0.15) is 20.3 Å². The van der Waals surface area contributed by atoms with E-state index in [-0.39, 0.29) is 0 Å². The van der Waals surface area contributed by atoms with Crippen LogP contribution < -0.4 is 5.32 Å². The second-order valence-electron chi connectivity index (χ2n) is 5.70. The summed E-state index contributed by atoms with van der Waals surface area (Å²) >= 11 is 2.09. The molecule has 118 valence electrons. The van der Waals surface area contributed by atoms with Crippen molar-refractivity contribution in [2.45, 2.75) is 32.1 Å². The van der Waals surface area contributed by atoms with Gasteiger partial charge < -0.3 is 10.2 Å².